The molecule has 12 heavy (non-hydrogen) atoms. The Balaban J connectivity index is 2.53. The zero-order valence-electron chi connectivity index (χ0n) is 6.83. The van der Waals surface area contributed by atoms with E-state index in [1.54, 1.807) is 5.38 Å². The number of hydrogen-bond donors (Lipinski definition) is 2. The molecule has 0 bridgehead atoms. The van der Waals surface area contributed by atoms with Crippen LogP contribution in [0.4, 0.5) is 0 Å². The van der Waals surface area contributed by atoms with Crippen molar-refractivity contribution in [1.82, 2.24) is 10.3 Å². The average molecular weight is 185 g/mol. The molecule has 0 aliphatic rings. The minimum absolute atomic E-state index is 0.148. The Morgan fingerprint density at radius 3 is 3.08 bits per heavy atom. The van der Waals surface area contributed by atoms with E-state index >= 15 is 0 Å². The first-order valence-electron chi connectivity index (χ1n) is 3.64. The molecule has 1 heterocycles. The molecule has 1 aromatic rings. The van der Waals surface area contributed by atoms with Crippen molar-refractivity contribution in [2.45, 2.75) is 6.92 Å². The van der Waals surface area contributed by atoms with Crippen molar-refractivity contribution in [1.29, 1.82) is 0 Å². The topological polar surface area (TPSA) is 68.0 Å². The SMILES string of the molecule is Cc1nc(C(=O)NCCN)cs1. The van der Waals surface area contributed by atoms with Crippen LogP contribution in [0.1, 0.15) is 15.5 Å². The second-order valence-corrected chi connectivity index (χ2v) is 3.36. The quantitative estimate of drug-likeness (QED) is 0.704. The Morgan fingerprint density at radius 2 is 2.58 bits per heavy atom. The highest BCUT2D eigenvalue weighted by atomic mass is 32.1. The van der Waals surface area contributed by atoms with Gasteiger partial charge in [-0.3, -0.25) is 4.79 Å². The molecule has 0 unspecified atom stereocenters. The van der Waals surface area contributed by atoms with Crippen LogP contribution in [0, 0.1) is 6.92 Å². The normalized spacial score (nSPS) is 9.83. The minimum Gasteiger partial charge on any atom is -0.349 e. The fraction of sp³-hybridized carbons (Fsp3) is 0.429. The molecule has 0 aromatic carbocycles. The van der Waals surface area contributed by atoms with Gasteiger partial charge in [-0.15, -0.1) is 11.3 Å². The highest BCUT2D eigenvalue weighted by Crippen LogP contribution is 2.06. The number of rotatable bonds is 3. The second kappa shape index (κ2) is 4.18. The summed E-state index contributed by atoms with van der Waals surface area (Å²) in [6.07, 6.45) is 0. The summed E-state index contributed by atoms with van der Waals surface area (Å²) in [5.74, 6) is -0.148. The van der Waals surface area contributed by atoms with Crippen molar-refractivity contribution < 1.29 is 4.79 Å². The first kappa shape index (κ1) is 9.15. The van der Waals surface area contributed by atoms with E-state index in [0.717, 1.165) is 5.01 Å². The van der Waals surface area contributed by atoms with Gasteiger partial charge >= 0.3 is 0 Å². The molecule has 1 rings (SSSR count). The van der Waals surface area contributed by atoms with Crippen LogP contribution in [0.2, 0.25) is 0 Å². The van der Waals surface area contributed by atoms with Gasteiger partial charge in [0.1, 0.15) is 5.69 Å². The third-order valence-electron chi connectivity index (χ3n) is 1.28. The predicted octanol–water partition coefficient (Wildman–Crippen LogP) is 0.140. The van der Waals surface area contributed by atoms with Crippen LogP contribution in [0.5, 0.6) is 0 Å². The van der Waals surface area contributed by atoms with Crippen molar-refractivity contribution in [2.75, 3.05) is 13.1 Å². The van der Waals surface area contributed by atoms with E-state index in [1.807, 2.05) is 6.92 Å². The number of nitrogens with one attached hydrogen (secondary N) is 1. The van der Waals surface area contributed by atoms with Crippen molar-refractivity contribution in [2.24, 2.45) is 5.73 Å². The summed E-state index contributed by atoms with van der Waals surface area (Å²) in [6, 6.07) is 0. The Labute approximate surface area is 74.8 Å². The maximum Gasteiger partial charge on any atom is 0.270 e. The van der Waals surface area contributed by atoms with Crippen molar-refractivity contribution in [3.05, 3.63) is 16.1 Å². The lowest BCUT2D eigenvalue weighted by molar-refractivity contribution is 0.0950. The first-order chi connectivity index (χ1) is 5.74. The van der Waals surface area contributed by atoms with Gasteiger partial charge in [-0.1, -0.05) is 0 Å². The number of hydrogen-bond acceptors (Lipinski definition) is 4. The molecule has 0 aliphatic heterocycles. The third-order valence-corrected chi connectivity index (χ3v) is 2.06. The van der Waals surface area contributed by atoms with Gasteiger partial charge in [0.2, 0.25) is 0 Å². The van der Waals surface area contributed by atoms with Gasteiger partial charge in [0.05, 0.1) is 5.01 Å². The molecule has 66 valence electrons. The van der Waals surface area contributed by atoms with Gasteiger partial charge in [-0.05, 0) is 6.92 Å². The highest BCUT2D eigenvalue weighted by molar-refractivity contribution is 7.09. The molecule has 0 atom stereocenters. The van der Waals surface area contributed by atoms with E-state index < -0.39 is 0 Å². The monoisotopic (exact) mass is 185 g/mol. The lowest BCUT2D eigenvalue weighted by Crippen LogP contribution is -2.29. The molecular formula is C7H11N3OS. The summed E-state index contributed by atoms with van der Waals surface area (Å²) >= 11 is 1.46. The number of carbonyl (C=O) groups is 1. The molecular weight excluding hydrogens is 174 g/mol. The number of nitrogens with zero attached hydrogens (tertiary/aromatic N) is 1. The maximum atomic E-state index is 11.2. The van der Waals surface area contributed by atoms with E-state index in [4.69, 9.17) is 5.73 Å². The summed E-state index contributed by atoms with van der Waals surface area (Å²) in [6.45, 7) is 2.81. The highest BCUT2D eigenvalue weighted by Gasteiger charge is 2.06. The van der Waals surface area contributed by atoms with Crippen LogP contribution in [0.15, 0.2) is 5.38 Å². The van der Waals surface area contributed by atoms with Gasteiger partial charge in [-0.25, -0.2) is 4.98 Å². The number of aromatic nitrogens is 1. The molecule has 0 saturated carbocycles. The molecule has 0 aliphatic carbocycles. The summed E-state index contributed by atoms with van der Waals surface area (Å²) < 4.78 is 0. The van der Waals surface area contributed by atoms with Gasteiger partial charge < -0.3 is 11.1 Å². The van der Waals surface area contributed by atoms with Crippen LogP contribution < -0.4 is 11.1 Å². The second-order valence-electron chi connectivity index (χ2n) is 2.30. The fourth-order valence-corrected chi connectivity index (χ4v) is 1.34. The van der Waals surface area contributed by atoms with Gasteiger partial charge in [0, 0.05) is 18.5 Å². The number of carbonyl (C=O) groups excluding carboxylic acids is 1. The zero-order valence-corrected chi connectivity index (χ0v) is 7.65. The molecule has 4 nitrogen and oxygen atoms in total. The standard InChI is InChI=1S/C7H11N3OS/c1-5-10-6(4-12-5)7(11)9-3-2-8/h4H,2-3,8H2,1H3,(H,9,11). The number of nitrogens with two attached hydrogens (primary N) is 1. The van der Waals surface area contributed by atoms with E-state index in [0.29, 0.717) is 18.8 Å². The Bertz CT molecular complexity index is 271. The number of thiazole rings is 1. The predicted molar refractivity (Wildman–Crippen MR) is 48.2 cm³/mol. The first-order valence-corrected chi connectivity index (χ1v) is 4.52. The largest absolute Gasteiger partial charge is 0.349 e. The van der Waals surface area contributed by atoms with Crippen LogP contribution in [-0.2, 0) is 0 Å². The Hall–Kier alpha value is -0.940. The van der Waals surface area contributed by atoms with Gasteiger partial charge in [0.15, 0.2) is 0 Å². The number of aryl methyl sites for hydroxylation is 1. The van der Waals surface area contributed by atoms with Crippen molar-refractivity contribution in [3.63, 3.8) is 0 Å². The molecule has 1 amide bonds. The maximum absolute atomic E-state index is 11.2. The third kappa shape index (κ3) is 2.28. The van der Waals surface area contributed by atoms with E-state index in [9.17, 15) is 4.79 Å². The van der Waals surface area contributed by atoms with E-state index in [2.05, 4.69) is 10.3 Å². The molecule has 0 radical (unpaired) electrons. The van der Waals surface area contributed by atoms with Crippen molar-refractivity contribution >= 4 is 17.2 Å². The molecule has 0 saturated heterocycles. The lowest BCUT2D eigenvalue weighted by Gasteiger charge is -1.98. The Morgan fingerprint density at radius 1 is 1.83 bits per heavy atom. The van der Waals surface area contributed by atoms with E-state index in [-0.39, 0.29) is 5.91 Å². The summed E-state index contributed by atoms with van der Waals surface area (Å²) in [7, 11) is 0. The van der Waals surface area contributed by atoms with Crippen LogP contribution >= 0.6 is 11.3 Å². The smallest absolute Gasteiger partial charge is 0.270 e. The lowest BCUT2D eigenvalue weighted by atomic mass is 10.4. The van der Waals surface area contributed by atoms with Gasteiger partial charge in [0.25, 0.3) is 5.91 Å². The van der Waals surface area contributed by atoms with Crippen LogP contribution in [0.25, 0.3) is 0 Å². The van der Waals surface area contributed by atoms with Crippen LogP contribution in [0.3, 0.4) is 0 Å². The molecule has 0 spiro atoms. The fourth-order valence-electron chi connectivity index (χ4n) is 0.744. The molecule has 3 N–H and O–H groups in total. The van der Waals surface area contributed by atoms with Gasteiger partial charge in [-0.2, -0.15) is 0 Å². The van der Waals surface area contributed by atoms with Crippen molar-refractivity contribution in [3.8, 4) is 0 Å². The Kier molecular flexibility index (Phi) is 3.19. The number of amides is 1. The molecule has 0 fully saturated rings. The average Bonchev–Trinajstić information content (AvgIpc) is 2.47. The zero-order chi connectivity index (χ0) is 8.97. The van der Waals surface area contributed by atoms with Crippen LogP contribution in [-0.4, -0.2) is 24.0 Å². The molecule has 5 heteroatoms. The summed E-state index contributed by atoms with van der Waals surface area (Å²) in [5, 5.41) is 5.28. The van der Waals surface area contributed by atoms with E-state index in [1.165, 1.54) is 11.3 Å². The molecule has 1 aromatic heterocycles. The summed E-state index contributed by atoms with van der Waals surface area (Å²) in [5.41, 5.74) is 5.71. The minimum atomic E-state index is -0.148. The summed E-state index contributed by atoms with van der Waals surface area (Å²) in [4.78, 5) is 15.2.